The number of nitrogens with zero attached hydrogens (tertiary/aromatic N) is 2. The molecule has 5 nitrogen and oxygen atoms in total. The Kier molecular flexibility index (Phi) is 5.41. The zero-order valence-electron chi connectivity index (χ0n) is 17.4. The maximum atomic E-state index is 12.9. The van der Waals surface area contributed by atoms with E-state index in [4.69, 9.17) is 9.84 Å². The summed E-state index contributed by atoms with van der Waals surface area (Å²) >= 11 is 0. The van der Waals surface area contributed by atoms with Crippen LogP contribution in [0.4, 0.5) is 0 Å². The minimum Gasteiger partial charge on any atom is -0.460 e. The maximum absolute atomic E-state index is 12.9. The van der Waals surface area contributed by atoms with Gasteiger partial charge in [0.25, 0.3) is 0 Å². The molecule has 1 unspecified atom stereocenters. The minimum absolute atomic E-state index is 0.0470. The average Bonchev–Trinajstić information content (AvgIpc) is 3.23. The lowest BCUT2D eigenvalue weighted by atomic mass is 9.67. The summed E-state index contributed by atoms with van der Waals surface area (Å²) in [5, 5.41) is 4.78. The lowest BCUT2D eigenvalue weighted by molar-refractivity contribution is -0.154. The molecule has 1 heterocycles. The summed E-state index contributed by atoms with van der Waals surface area (Å²) in [5.74, 6) is 0.107. The number of ketones is 1. The molecule has 0 radical (unpaired) electrons. The summed E-state index contributed by atoms with van der Waals surface area (Å²) in [7, 11) is 0. The van der Waals surface area contributed by atoms with Crippen LogP contribution in [0.1, 0.15) is 37.7 Å². The van der Waals surface area contributed by atoms with Gasteiger partial charge in [0.15, 0.2) is 0 Å². The molecule has 2 aliphatic carbocycles. The van der Waals surface area contributed by atoms with Crippen LogP contribution in [0, 0.1) is 17.8 Å². The zero-order chi connectivity index (χ0) is 21.2. The Morgan fingerprint density at radius 2 is 1.61 bits per heavy atom. The predicted molar refractivity (Wildman–Crippen MR) is 117 cm³/mol. The third-order valence-electron chi connectivity index (χ3n) is 6.61. The number of ether oxygens (including phenoxy) is 1. The van der Waals surface area contributed by atoms with Gasteiger partial charge in [-0.05, 0) is 37.8 Å². The van der Waals surface area contributed by atoms with Gasteiger partial charge < -0.3 is 4.74 Å². The Labute approximate surface area is 182 Å². The summed E-state index contributed by atoms with van der Waals surface area (Å²) < 4.78 is 7.60. The van der Waals surface area contributed by atoms with Gasteiger partial charge >= 0.3 is 5.97 Å². The quantitative estimate of drug-likeness (QED) is 0.553. The van der Waals surface area contributed by atoms with Crippen molar-refractivity contribution < 1.29 is 14.3 Å². The Bertz CT molecular complexity index is 1060. The van der Waals surface area contributed by atoms with E-state index in [1.165, 1.54) is 0 Å². The van der Waals surface area contributed by atoms with Crippen molar-refractivity contribution in [2.45, 2.75) is 38.7 Å². The number of Topliss-reactive ketones (excluding diaryl/α,β-unsaturated/α-hetero) is 1. The number of benzene rings is 2. The fourth-order valence-corrected chi connectivity index (χ4v) is 5.01. The number of para-hydroxylation sites is 1. The van der Waals surface area contributed by atoms with E-state index < -0.39 is 0 Å². The van der Waals surface area contributed by atoms with Crippen molar-refractivity contribution >= 4 is 11.8 Å². The number of carbonyl (C=O) groups excluding carboxylic acids is 2. The SMILES string of the molecule is O=C(OCc1cn(-c2ccccc2)nc1-c1ccccc1)C1C[C@H]2CCC[C@@H](C1)C2=O. The van der Waals surface area contributed by atoms with Crippen LogP contribution in [0.3, 0.4) is 0 Å². The molecule has 2 saturated carbocycles. The first-order valence-corrected chi connectivity index (χ1v) is 11.1. The van der Waals surface area contributed by atoms with Crippen LogP contribution >= 0.6 is 0 Å². The summed E-state index contributed by atoms with van der Waals surface area (Å²) in [4.78, 5) is 25.2. The van der Waals surface area contributed by atoms with Crippen molar-refractivity contribution in [2.24, 2.45) is 17.8 Å². The highest BCUT2D eigenvalue weighted by molar-refractivity contribution is 5.87. The lowest BCUT2D eigenvalue weighted by Crippen LogP contribution is -2.39. The molecule has 0 saturated heterocycles. The van der Waals surface area contributed by atoms with E-state index in [1.54, 1.807) is 0 Å². The predicted octanol–water partition coefficient (Wildman–Crippen LogP) is 4.98. The van der Waals surface area contributed by atoms with Gasteiger partial charge in [-0.3, -0.25) is 9.59 Å². The number of hydrogen-bond donors (Lipinski definition) is 0. The molecule has 158 valence electrons. The second-order valence-electron chi connectivity index (χ2n) is 8.65. The van der Waals surface area contributed by atoms with E-state index in [2.05, 4.69) is 0 Å². The van der Waals surface area contributed by atoms with Gasteiger partial charge in [-0.1, -0.05) is 55.0 Å². The zero-order valence-corrected chi connectivity index (χ0v) is 17.4. The largest absolute Gasteiger partial charge is 0.460 e. The number of rotatable bonds is 5. The van der Waals surface area contributed by atoms with E-state index in [0.717, 1.165) is 41.8 Å². The van der Waals surface area contributed by atoms with E-state index in [-0.39, 0.29) is 30.3 Å². The van der Waals surface area contributed by atoms with Gasteiger partial charge in [-0.2, -0.15) is 5.10 Å². The number of fused-ring (bicyclic) bond motifs is 2. The van der Waals surface area contributed by atoms with Crippen LogP contribution in [0.2, 0.25) is 0 Å². The number of aromatic nitrogens is 2. The molecule has 0 N–H and O–H groups in total. The number of hydrogen-bond acceptors (Lipinski definition) is 4. The molecule has 2 bridgehead atoms. The molecular formula is C26H26N2O3. The molecule has 0 aliphatic heterocycles. The highest BCUT2D eigenvalue weighted by Gasteiger charge is 2.41. The molecule has 5 heteroatoms. The van der Waals surface area contributed by atoms with Crippen molar-refractivity contribution in [3.05, 3.63) is 72.4 Å². The molecule has 0 spiro atoms. The Hall–Kier alpha value is -3.21. The average molecular weight is 415 g/mol. The molecular weight excluding hydrogens is 388 g/mol. The first-order chi connectivity index (χ1) is 15.2. The standard InChI is InChI=1S/C26H26N2O3/c29-25-19-10-7-11-20(25)15-21(14-19)26(30)31-17-22-16-28(23-12-5-2-6-13-23)27-24(22)18-8-3-1-4-9-18/h1-6,8-9,12-13,16,19-21H,7,10-11,14-15,17H2/t19-,20+,21?. The first-order valence-electron chi connectivity index (χ1n) is 11.1. The van der Waals surface area contributed by atoms with E-state index in [9.17, 15) is 9.59 Å². The number of esters is 1. The molecule has 2 aliphatic rings. The number of carbonyl (C=O) groups is 2. The van der Waals surface area contributed by atoms with E-state index in [0.29, 0.717) is 18.6 Å². The second kappa shape index (κ2) is 8.50. The van der Waals surface area contributed by atoms with Gasteiger partial charge in [0.1, 0.15) is 12.4 Å². The van der Waals surface area contributed by atoms with Gasteiger partial charge in [-0.15, -0.1) is 0 Å². The second-order valence-corrected chi connectivity index (χ2v) is 8.65. The lowest BCUT2D eigenvalue weighted by Gasteiger charge is -2.36. The van der Waals surface area contributed by atoms with Crippen LogP contribution in [0.25, 0.3) is 16.9 Å². The van der Waals surface area contributed by atoms with Crippen LogP contribution < -0.4 is 0 Å². The van der Waals surface area contributed by atoms with Gasteiger partial charge in [0, 0.05) is 29.2 Å². The summed E-state index contributed by atoms with van der Waals surface area (Å²) in [6.45, 7) is 0.176. The van der Waals surface area contributed by atoms with Crippen LogP contribution in [-0.2, 0) is 20.9 Å². The molecule has 2 aromatic carbocycles. The van der Waals surface area contributed by atoms with Crippen molar-refractivity contribution in [2.75, 3.05) is 0 Å². The van der Waals surface area contributed by atoms with Crippen LogP contribution in [-0.4, -0.2) is 21.5 Å². The Morgan fingerprint density at radius 1 is 0.968 bits per heavy atom. The molecule has 0 amide bonds. The highest BCUT2D eigenvalue weighted by Crippen LogP contribution is 2.40. The smallest absolute Gasteiger partial charge is 0.309 e. The van der Waals surface area contributed by atoms with Gasteiger partial charge in [-0.25, -0.2) is 4.68 Å². The third-order valence-corrected chi connectivity index (χ3v) is 6.61. The molecule has 3 atom stereocenters. The van der Waals surface area contributed by atoms with Crippen molar-refractivity contribution in [3.63, 3.8) is 0 Å². The topological polar surface area (TPSA) is 61.2 Å². The fraction of sp³-hybridized carbons (Fsp3) is 0.346. The summed E-state index contributed by atoms with van der Waals surface area (Å²) in [5.41, 5.74) is 3.63. The monoisotopic (exact) mass is 414 g/mol. The van der Waals surface area contributed by atoms with Crippen molar-refractivity contribution in [1.29, 1.82) is 0 Å². The first kappa shape index (κ1) is 19.7. The van der Waals surface area contributed by atoms with Crippen molar-refractivity contribution in [3.8, 4) is 16.9 Å². The van der Waals surface area contributed by atoms with Crippen molar-refractivity contribution in [1.82, 2.24) is 9.78 Å². The molecule has 2 fully saturated rings. The van der Waals surface area contributed by atoms with E-state index in [1.807, 2.05) is 71.5 Å². The Morgan fingerprint density at radius 3 is 2.29 bits per heavy atom. The third kappa shape index (κ3) is 4.05. The molecule has 1 aromatic heterocycles. The molecule has 5 rings (SSSR count). The minimum atomic E-state index is -0.184. The normalized spacial score (nSPS) is 22.8. The summed E-state index contributed by atoms with van der Waals surface area (Å²) in [6.07, 6.45) is 6.15. The Balaban J connectivity index is 1.35. The fourth-order valence-electron chi connectivity index (χ4n) is 5.01. The van der Waals surface area contributed by atoms with Crippen LogP contribution in [0.5, 0.6) is 0 Å². The maximum Gasteiger partial charge on any atom is 0.309 e. The summed E-state index contributed by atoms with van der Waals surface area (Å²) in [6, 6.07) is 19.9. The van der Waals surface area contributed by atoms with Gasteiger partial charge in [0.2, 0.25) is 0 Å². The van der Waals surface area contributed by atoms with Crippen LogP contribution in [0.15, 0.2) is 66.9 Å². The highest BCUT2D eigenvalue weighted by atomic mass is 16.5. The molecule has 31 heavy (non-hydrogen) atoms. The van der Waals surface area contributed by atoms with E-state index >= 15 is 0 Å². The molecule has 3 aromatic rings. The van der Waals surface area contributed by atoms with Gasteiger partial charge in [0.05, 0.1) is 17.3 Å².